The first-order chi connectivity index (χ1) is 14.1. The van der Waals surface area contributed by atoms with Gasteiger partial charge in [0.25, 0.3) is 11.8 Å². The third-order valence-electron chi connectivity index (χ3n) is 4.18. The zero-order valence-corrected chi connectivity index (χ0v) is 16.2. The second-order valence-corrected chi connectivity index (χ2v) is 6.93. The number of carbonyl (C=O) groups excluding carboxylic acids is 2. The summed E-state index contributed by atoms with van der Waals surface area (Å²) < 4.78 is 1.57. The maximum Gasteiger partial charge on any atom is 0.257 e. The molecule has 29 heavy (non-hydrogen) atoms. The van der Waals surface area contributed by atoms with Crippen molar-refractivity contribution in [3.63, 3.8) is 0 Å². The summed E-state index contributed by atoms with van der Waals surface area (Å²) in [5.74, 6) is 0.0365. The van der Waals surface area contributed by atoms with E-state index in [9.17, 15) is 9.59 Å². The number of hydrogen-bond donors (Lipinski definition) is 2. The van der Waals surface area contributed by atoms with Crippen LogP contribution in [0.25, 0.3) is 5.69 Å². The molecule has 4 rings (SSSR count). The van der Waals surface area contributed by atoms with Gasteiger partial charge >= 0.3 is 0 Å². The van der Waals surface area contributed by atoms with Gasteiger partial charge in [0.05, 0.1) is 22.5 Å². The molecule has 0 aliphatic heterocycles. The summed E-state index contributed by atoms with van der Waals surface area (Å²) >= 11 is 1.44. The highest BCUT2D eigenvalue weighted by atomic mass is 32.1. The first-order valence-corrected chi connectivity index (χ1v) is 9.65. The lowest BCUT2D eigenvalue weighted by Gasteiger charge is -2.12. The molecule has 2 aromatic carbocycles. The fourth-order valence-electron chi connectivity index (χ4n) is 2.76. The maximum atomic E-state index is 12.9. The van der Waals surface area contributed by atoms with Gasteiger partial charge in [-0.2, -0.15) is 16.0 Å². The van der Waals surface area contributed by atoms with Crippen molar-refractivity contribution < 1.29 is 9.59 Å². The van der Waals surface area contributed by atoms with Crippen LogP contribution in [0.4, 0.5) is 11.4 Å². The van der Waals surface area contributed by atoms with E-state index in [2.05, 4.69) is 26.2 Å². The van der Waals surface area contributed by atoms with Crippen LogP contribution < -0.4 is 10.6 Å². The number of amides is 2. The smallest absolute Gasteiger partial charge is 0.257 e. The topological polar surface area (TPSA) is 102 Å². The Kier molecular flexibility index (Phi) is 5.12. The van der Waals surface area contributed by atoms with Crippen LogP contribution in [0.1, 0.15) is 26.5 Å². The molecular weight excluding hydrogens is 388 g/mol. The van der Waals surface area contributed by atoms with Crippen molar-refractivity contribution in [3.05, 3.63) is 82.3 Å². The van der Waals surface area contributed by atoms with Crippen molar-refractivity contribution in [2.75, 3.05) is 10.6 Å². The molecule has 0 radical (unpaired) electrons. The van der Waals surface area contributed by atoms with E-state index in [1.54, 1.807) is 65.5 Å². The van der Waals surface area contributed by atoms with E-state index in [-0.39, 0.29) is 11.8 Å². The third kappa shape index (κ3) is 4.04. The molecule has 0 bridgehead atoms. The average Bonchev–Trinajstić information content (AvgIpc) is 3.40. The number of aryl methyl sites for hydroxylation is 1. The lowest BCUT2D eigenvalue weighted by atomic mass is 10.1. The largest absolute Gasteiger partial charge is 0.322 e. The van der Waals surface area contributed by atoms with Crippen molar-refractivity contribution in [2.24, 2.45) is 0 Å². The number of carbonyl (C=O) groups is 2. The molecule has 9 heteroatoms. The molecule has 8 nitrogen and oxygen atoms in total. The van der Waals surface area contributed by atoms with Gasteiger partial charge < -0.3 is 10.6 Å². The van der Waals surface area contributed by atoms with E-state index in [0.29, 0.717) is 28.3 Å². The van der Waals surface area contributed by atoms with E-state index in [0.717, 1.165) is 5.69 Å². The van der Waals surface area contributed by atoms with Crippen molar-refractivity contribution in [3.8, 4) is 5.69 Å². The van der Waals surface area contributed by atoms with Gasteiger partial charge in [0.15, 0.2) is 5.82 Å². The molecule has 4 aromatic rings. The Bertz CT molecular complexity index is 1170. The Morgan fingerprint density at radius 1 is 1.00 bits per heavy atom. The molecule has 2 aromatic heterocycles. The molecule has 0 saturated carbocycles. The molecule has 0 aliphatic rings. The minimum atomic E-state index is -0.336. The number of tetrazole rings is 1. The summed E-state index contributed by atoms with van der Waals surface area (Å²) in [6.45, 7) is 1.79. The minimum absolute atomic E-state index is 0.261. The standard InChI is InChI=1S/C20H16N6O2S/c1-13-23-24-25-26(13)16-6-4-5-15(11-16)21-20(28)17-7-2-3-8-18(17)22-19(27)14-9-10-29-12-14/h2-12H,1H3,(H,21,28)(H,22,27). The fraction of sp³-hybridized carbons (Fsp3) is 0.0500. The molecule has 0 spiro atoms. The van der Waals surface area contributed by atoms with Gasteiger partial charge in [-0.1, -0.05) is 18.2 Å². The van der Waals surface area contributed by atoms with Crippen LogP contribution in [0.3, 0.4) is 0 Å². The Labute approximate surface area is 170 Å². The molecule has 2 amide bonds. The predicted molar refractivity (Wildman–Crippen MR) is 111 cm³/mol. The first-order valence-electron chi connectivity index (χ1n) is 8.71. The number of nitrogens with zero attached hydrogens (tertiary/aromatic N) is 4. The summed E-state index contributed by atoms with van der Waals surface area (Å²) in [5, 5.41) is 20.7. The zero-order valence-electron chi connectivity index (χ0n) is 15.4. The number of benzene rings is 2. The Hall–Kier alpha value is -3.85. The number of anilines is 2. The molecule has 0 aliphatic carbocycles. The Balaban J connectivity index is 1.55. The Morgan fingerprint density at radius 3 is 2.62 bits per heavy atom. The van der Waals surface area contributed by atoms with E-state index in [4.69, 9.17) is 0 Å². The Morgan fingerprint density at radius 2 is 1.86 bits per heavy atom. The minimum Gasteiger partial charge on any atom is -0.322 e. The van der Waals surface area contributed by atoms with Gasteiger partial charge in [-0.3, -0.25) is 9.59 Å². The van der Waals surface area contributed by atoms with Crippen LogP contribution in [0.2, 0.25) is 0 Å². The summed E-state index contributed by atoms with van der Waals surface area (Å²) in [6, 6.07) is 15.8. The molecule has 0 saturated heterocycles. The summed E-state index contributed by atoms with van der Waals surface area (Å²) in [5.41, 5.74) is 2.66. The van der Waals surface area contributed by atoms with E-state index in [1.807, 2.05) is 11.4 Å². The third-order valence-corrected chi connectivity index (χ3v) is 4.86. The van der Waals surface area contributed by atoms with E-state index < -0.39 is 0 Å². The van der Waals surface area contributed by atoms with Gasteiger partial charge in [0.2, 0.25) is 0 Å². The van der Waals surface area contributed by atoms with Gasteiger partial charge in [-0.25, -0.2) is 0 Å². The fourth-order valence-corrected chi connectivity index (χ4v) is 3.40. The highest BCUT2D eigenvalue weighted by Gasteiger charge is 2.15. The second kappa shape index (κ2) is 8.03. The molecule has 2 N–H and O–H groups in total. The second-order valence-electron chi connectivity index (χ2n) is 6.15. The van der Waals surface area contributed by atoms with Gasteiger partial charge in [0.1, 0.15) is 0 Å². The maximum absolute atomic E-state index is 12.9. The lowest BCUT2D eigenvalue weighted by molar-refractivity contribution is 0.102. The van der Waals surface area contributed by atoms with Crippen molar-refractivity contribution in [1.82, 2.24) is 20.2 Å². The zero-order chi connectivity index (χ0) is 20.2. The van der Waals surface area contributed by atoms with E-state index >= 15 is 0 Å². The van der Waals surface area contributed by atoms with Crippen LogP contribution in [0, 0.1) is 6.92 Å². The highest BCUT2D eigenvalue weighted by molar-refractivity contribution is 7.08. The van der Waals surface area contributed by atoms with E-state index in [1.165, 1.54) is 11.3 Å². The molecular formula is C20H16N6O2S. The van der Waals surface area contributed by atoms with Crippen LogP contribution in [0.15, 0.2) is 65.4 Å². The molecule has 2 heterocycles. The summed E-state index contributed by atoms with van der Waals surface area (Å²) in [6.07, 6.45) is 0. The predicted octanol–water partition coefficient (Wildman–Crippen LogP) is 3.54. The van der Waals surface area contributed by atoms with Crippen LogP contribution in [0.5, 0.6) is 0 Å². The van der Waals surface area contributed by atoms with Gasteiger partial charge in [-0.15, -0.1) is 5.10 Å². The van der Waals surface area contributed by atoms with Crippen LogP contribution in [-0.2, 0) is 0 Å². The molecule has 0 fully saturated rings. The quantitative estimate of drug-likeness (QED) is 0.530. The lowest BCUT2D eigenvalue weighted by Crippen LogP contribution is -2.18. The average molecular weight is 404 g/mol. The van der Waals surface area contributed by atoms with Crippen LogP contribution >= 0.6 is 11.3 Å². The molecule has 0 unspecified atom stereocenters. The van der Waals surface area contributed by atoms with Crippen LogP contribution in [-0.4, -0.2) is 32.0 Å². The summed E-state index contributed by atoms with van der Waals surface area (Å²) in [7, 11) is 0. The van der Waals surface area contributed by atoms with Gasteiger partial charge in [-0.05, 0) is 59.1 Å². The SMILES string of the molecule is Cc1nnnn1-c1cccc(NC(=O)c2ccccc2NC(=O)c2ccsc2)c1. The van der Waals surface area contributed by atoms with Gasteiger partial charge in [0, 0.05) is 11.1 Å². The number of thiophene rings is 1. The normalized spacial score (nSPS) is 10.5. The van der Waals surface area contributed by atoms with Crippen molar-refractivity contribution in [2.45, 2.75) is 6.92 Å². The van der Waals surface area contributed by atoms with Crippen molar-refractivity contribution >= 4 is 34.5 Å². The number of para-hydroxylation sites is 1. The molecule has 144 valence electrons. The molecule has 0 atom stereocenters. The number of aromatic nitrogens is 4. The number of hydrogen-bond acceptors (Lipinski definition) is 6. The number of nitrogens with one attached hydrogen (secondary N) is 2. The van der Waals surface area contributed by atoms with Crippen molar-refractivity contribution in [1.29, 1.82) is 0 Å². The summed E-state index contributed by atoms with van der Waals surface area (Å²) in [4.78, 5) is 25.2. The first kappa shape index (κ1) is 18.5. The monoisotopic (exact) mass is 404 g/mol. The number of rotatable bonds is 5. The highest BCUT2D eigenvalue weighted by Crippen LogP contribution is 2.20.